The Morgan fingerprint density at radius 1 is 1.44 bits per heavy atom. The Bertz CT molecular complexity index is 447. The van der Waals surface area contributed by atoms with E-state index < -0.39 is 5.54 Å². The molecule has 0 aromatic heterocycles. The molecule has 1 rings (SSSR count). The Kier molecular flexibility index (Phi) is 5.02. The van der Waals surface area contributed by atoms with E-state index in [4.69, 9.17) is 28.9 Å². The highest BCUT2D eigenvalue weighted by atomic mass is 35.5. The molecule has 0 bridgehead atoms. The van der Waals surface area contributed by atoms with Crippen LogP contribution in [0, 0.1) is 0 Å². The topological polar surface area (TPSA) is 55.1 Å². The van der Waals surface area contributed by atoms with E-state index in [1.54, 1.807) is 19.1 Å². The van der Waals surface area contributed by atoms with Gasteiger partial charge in [0.2, 0.25) is 5.91 Å². The number of rotatable bonds is 4. The number of halogens is 2. The highest BCUT2D eigenvalue weighted by molar-refractivity contribution is 6.42. The number of nitrogens with two attached hydrogens (primary N) is 1. The molecule has 0 heterocycles. The molecule has 18 heavy (non-hydrogen) atoms. The maximum Gasteiger partial charge on any atom is 0.240 e. The zero-order chi connectivity index (χ0) is 13.9. The van der Waals surface area contributed by atoms with Crippen molar-refractivity contribution in [3.8, 4) is 0 Å². The number of hydrogen-bond donors (Lipinski definition) is 2. The fourth-order valence-electron chi connectivity index (χ4n) is 1.39. The lowest BCUT2D eigenvalue weighted by molar-refractivity contribution is -0.126. The van der Waals surface area contributed by atoms with E-state index in [2.05, 4.69) is 5.32 Å². The van der Waals surface area contributed by atoms with Gasteiger partial charge < -0.3 is 11.1 Å². The maximum absolute atomic E-state index is 11.9. The second kappa shape index (κ2) is 5.91. The van der Waals surface area contributed by atoms with E-state index in [0.29, 0.717) is 16.5 Å². The summed E-state index contributed by atoms with van der Waals surface area (Å²) in [5.41, 5.74) is 5.92. The second-order valence-corrected chi connectivity index (χ2v) is 5.45. The molecule has 0 saturated carbocycles. The smallest absolute Gasteiger partial charge is 0.240 e. The maximum atomic E-state index is 11.9. The van der Waals surface area contributed by atoms with Gasteiger partial charge in [-0.1, -0.05) is 36.2 Å². The van der Waals surface area contributed by atoms with E-state index in [-0.39, 0.29) is 11.9 Å². The van der Waals surface area contributed by atoms with Crippen LogP contribution in [0.4, 0.5) is 0 Å². The molecule has 0 radical (unpaired) electrons. The Hall–Kier alpha value is -0.770. The van der Waals surface area contributed by atoms with Gasteiger partial charge in [0.25, 0.3) is 0 Å². The minimum atomic E-state index is -0.857. The van der Waals surface area contributed by atoms with E-state index in [0.717, 1.165) is 5.56 Å². The summed E-state index contributed by atoms with van der Waals surface area (Å²) in [6, 6.07) is 5.12. The van der Waals surface area contributed by atoms with Crippen molar-refractivity contribution in [1.29, 1.82) is 0 Å². The predicted molar refractivity (Wildman–Crippen MR) is 75.9 cm³/mol. The molecule has 0 saturated heterocycles. The van der Waals surface area contributed by atoms with Crippen molar-refractivity contribution in [2.45, 2.75) is 38.8 Å². The summed E-state index contributed by atoms with van der Waals surface area (Å²) in [6.45, 7) is 5.47. The van der Waals surface area contributed by atoms with Crippen LogP contribution in [0.2, 0.25) is 10.0 Å². The normalized spacial score (nSPS) is 15.9. The van der Waals surface area contributed by atoms with Crippen molar-refractivity contribution in [2.75, 3.05) is 0 Å². The van der Waals surface area contributed by atoms with Gasteiger partial charge in [-0.3, -0.25) is 4.79 Å². The molecule has 1 aromatic rings. The van der Waals surface area contributed by atoms with Crippen molar-refractivity contribution in [3.63, 3.8) is 0 Å². The molecule has 2 unspecified atom stereocenters. The van der Waals surface area contributed by atoms with E-state index in [1.165, 1.54) is 0 Å². The number of amides is 1. The Labute approximate surface area is 118 Å². The summed E-state index contributed by atoms with van der Waals surface area (Å²) < 4.78 is 0. The molecule has 0 fully saturated rings. The van der Waals surface area contributed by atoms with Crippen LogP contribution < -0.4 is 11.1 Å². The van der Waals surface area contributed by atoms with Crippen LogP contribution in [0.5, 0.6) is 0 Å². The lowest BCUT2D eigenvalue weighted by atomic mass is 9.98. The zero-order valence-electron chi connectivity index (χ0n) is 10.8. The zero-order valence-corrected chi connectivity index (χ0v) is 12.3. The first-order chi connectivity index (χ1) is 8.27. The van der Waals surface area contributed by atoms with Crippen molar-refractivity contribution < 1.29 is 4.79 Å². The van der Waals surface area contributed by atoms with Crippen LogP contribution in [0.1, 0.15) is 38.8 Å². The summed E-state index contributed by atoms with van der Waals surface area (Å²) in [6.07, 6.45) is 0.576. The first-order valence-corrected chi connectivity index (χ1v) is 6.58. The van der Waals surface area contributed by atoms with Gasteiger partial charge in [-0.2, -0.15) is 0 Å². The number of benzene rings is 1. The highest BCUT2D eigenvalue weighted by Gasteiger charge is 2.27. The van der Waals surface area contributed by atoms with E-state index >= 15 is 0 Å². The van der Waals surface area contributed by atoms with Gasteiger partial charge in [0, 0.05) is 0 Å². The van der Waals surface area contributed by atoms with Crippen LogP contribution >= 0.6 is 23.2 Å². The highest BCUT2D eigenvalue weighted by Crippen LogP contribution is 2.25. The summed E-state index contributed by atoms with van der Waals surface area (Å²) in [5.74, 6) is -0.177. The number of nitrogens with one attached hydrogen (secondary N) is 1. The summed E-state index contributed by atoms with van der Waals surface area (Å²) in [5, 5.41) is 3.84. The van der Waals surface area contributed by atoms with Crippen molar-refractivity contribution in [2.24, 2.45) is 5.73 Å². The quantitative estimate of drug-likeness (QED) is 0.893. The van der Waals surface area contributed by atoms with Crippen molar-refractivity contribution >= 4 is 29.1 Å². The largest absolute Gasteiger partial charge is 0.348 e. The number of hydrogen-bond acceptors (Lipinski definition) is 2. The van der Waals surface area contributed by atoms with Gasteiger partial charge in [0.1, 0.15) is 0 Å². The molecule has 2 atom stereocenters. The standard InChI is InChI=1S/C13H18Cl2N2O/c1-4-13(3,16)12(18)17-8(2)9-5-6-10(14)11(15)7-9/h5-8H,4,16H2,1-3H3,(H,17,18). The molecule has 1 amide bonds. The molecular weight excluding hydrogens is 271 g/mol. The molecule has 5 heteroatoms. The van der Waals surface area contributed by atoms with Crippen LogP contribution in [0.3, 0.4) is 0 Å². The predicted octanol–water partition coefficient (Wildman–Crippen LogP) is 3.30. The third-order valence-corrected chi connectivity index (χ3v) is 3.78. The van der Waals surface area contributed by atoms with Gasteiger partial charge in [-0.05, 0) is 38.0 Å². The summed E-state index contributed by atoms with van der Waals surface area (Å²) in [4.78, 5) is 11.9. The lowest BCUT2D eigenvalue weighted by Gasteiger charge is -2.24. The molecular formula is C13H18Cl2N2O. The summed E-state index contributed by atoms with van der Waals surface area (Å²) in [7, 11) is 0. The van der Waals surface area contributed by atoms with Gasteiger partial charge in [-0.15, -0.1) is 0 Å². The van der Waals surface area contributed by atoms with Gasteiger partial charge in [-0.25, -0.2) is 0 Å². The van der Waals surface area contributed by atoms with Crippen molar-refractivity contribution in [1.82, 2.24) is 5.32 Å². The third-order valence-electron chi connectivity index (χ3n) is 3.04. The fourth-order valence-corrected chi connectivity index (χ4v) is 1.69. The van der Waals surface area contributed by atoms with Crippen LogP contribution in [-0.4, -0.2) is 11.4 Å². The molecule has 0 aliphatic rings. The van der Waals surface area contributed by atoms with Crippen molar-refractivity contribution in [3.05, 3.63) is 33.8 Å². The average Bonchev–Trinajstić information content (AvgIpc) is 2.32. The second-order valence-electron chi connectivity index (χ2n) is 4.64. The molecule has 1 aromatic carbocycles. The van der Waals surface area contributed by atoms with E-state index in [9.17, 15) is 4.79 Å². The number of carbonyl (C=O) groups is 1. The third kappa shape index (κ3) is 3.61. The summed E-state index contributed by atoms with van der Waals surface area (Å²) >= 11 is 11.8. The number of carbonyl (C=O) groups excluding carboxylic acids is 1. The molecule has 100 valence electrons. The van der Waals surface area contributed by atoms with Crippen LogP contribution in [-0.2, 0) is 4.79 Å². The SMILES string of the molecule is CCC(C)(N)C(=O)NC(C)c1ccc(Cl)c(Cl)c1. The molecule has 3 nitrogen and oxygen atoms in total. The average molecular weight is 289 g/mol. The molecule has 3 N–H and O–H groups in total. The van der Waals surface area contributed by atoms with Crippen LogP contribution in [0.15, 0.2) is 18.2 Å². The molecule has 0 spiro atoms. The minimum Gasteiger partial charge on any atom is -0.348 e. The lowest BCUT2D eigenvalue weighted by Crippen LogP contribution is -2.51. The van der Waals surface area contributed by atoms with Gasteiger partial charge >= 0.3 is 0 Å². The first kappa shape index (κ1) is 15.3. The van der Waals surface area contributed by atoms with E-state index in [1.807, 2.05) is 19.9 Å². The Morgan fingerprint density at radius 2 is 2.06 bits per heavy atom. The van der Waals surface area contributed by atoms with Gasteiger partial charge in [0.15, 0.2) is 0 Å². The molecule has 0 aliphatic carbocycles. The minimum absolute atomic E-state index is 0.165. The Balaban J connectivity index is 2.79. The monoisotopic (exact) mass is 288 g/mol. The fraction of sp³-hybridized carbons (Fsp3) is 0.462. The molecule has 0 aliphatic heterocycles. The van der Waals surface area contributed by atoms with Gasteiger partial charge in [0.05, 0.1) is 21.6 Å². The van der Waals surface area contributed by atoms with Crippen LogP contribution in [0.25, 0.3) is 0 Å². The first-order valence-electron chi connectivity index (χ1n) is 5.82. The Morgan fingerprint density at radius 3 is 2.56 bits per heavy atom.